The highest BCUT2D eigenvalue weighted by molar-refractivity contribution is 5.84. The van der Waals surface area contributed by atoms with Crippen molar-refractivity contribution in [2.24, 2.45) is 0 Å². The van der Waals surface area contributed by atoms with E-state index in [4.69, 9.17) is 0 Å². The van der Waals surface area contributed by atoms with E-state index < -0.39 is 6.36 Å². The van der Waals surface area contributed by atoms with E-state index in [1.807, 2.05) is 6.20 Å². The van der Waals surface area contributed by atoms with Gasteiger partial charge in [0, 0.05) is 23.6 Å². The second-order valence-corrected chi connectivity index (χ2v) is 5.37. The van der Waals surface area contributed by atoms with Crippen LogP contribution in [0.1, 0.15) is 18.4 Å². The molecule has 1 N–H and O–H groups in total. The zero-order valence-electron chi connectivity index (χ0n) is 11.5. The Kier molecular flexibility index (Phi) is 3.80. The summed E-state index contributed by atoms with van der Waals surface area (Å²) in [6, 6.07) is 4.41. The van der Waals surface area contributed by atoms with Crippen LogP contribution in [0.15, 0.2) is 24.4 Å². The van der Waals surface area contributed by atoms with Crippen molar-refractivity contribution in [2.45, 2.75) is 25.6 Å². The van der Waals surface area contributed by atoms with Gasteiger partial charge in [-0.1, -0.05) is 0 Å². The molecule has 21 heavy (non-hydrogen) atoms. The number of H-pyrrole nitrogens is 1. The van der Waals surface area contributed by atoms with Gasteiger partial charge >= 0.3 is 6.36 Å². The number of halogens is 3. The van der Waals surface area contributed by atoms with Gasteiger partial charge in [-0.3, -0.25) is 0 Å². The fourth-order valence-electron chi connectivity index (χ4n) is 2.85. The number of likely N-dealkylation sites (tertiary alicyclic amines) is 1. The molecule has 3 nitrogen and oxygen atoms in total. The lowest BCUT2D eigenvalue weighted by Gasteiger charge is -2.13. The Bertz CT molecular complexity index is 615. The van der Waals surface area contributed by atoms with Crippen molar-refractivity contribution in [3.63, 3.8) is 0 Å². The van der Waals surface area contributed by atoms with Crippen LogP contribution >= 0.6 is 0 Å². The maximum Gasteiger partial charge on any atom is 0.573 e. The molecule has 0 atom stereocenters. The Hall–Kier alpha value is -1.69. The molecule has 2 heterocycles. The normalized spacial score (nSPS) is 16.7. The Morgan fingerprint density at radius 1 is 1.19 bits per heavy atom. The second-order valence-electron chi connectivity index (χ2n) is 5.37. The van der Waals surface area contributed by atoms with Gasteiger partial charge in [0.05, 0.1) is 0 Å². The molecule has 1 saturated heterocycles. The van der Waals surface area contributed by atoms with Gasteiger partial charge in [-0.25, -0.2) is 0 Å². The average Bonchev–Trinajstić information content (AvgIpc) is 3.03. The molecular formula is C15H17F3N2O. The summed E-state index contributed by atoms with van der Waals surface area (Å²) in [6.45, 7) is 3.17. The number of hydrogen-bond acceptors (Lipinski definition) is 2. The Morgan fingerprint density at radius 2 is 1.95 bits per heavy atom. The van der Waals surface area contributed by atoms with Crippen molar-refractivity contribution in [3.05, 3.63) is 30.0 Å². The summed E-state index contributed by atoms with van der Waals surface area (Å²) < 4.78 is 40.8. The maximum atomic E-state index is 12.3. The predicted octanol–water partition coefficient (Wildman–Crippen LogP) is 3.70. The molecule has 114 valence electrons. The number of nitrogens with zero attached hydrogens (tertiary/aromatic N) is 1. The van der Waals surface area contributed by atoms with E-state index >= 15 is 0 Å². The van der Waals surface area contributed by atoms with Crippen LogP contribution < -0.4 is 4.74 Å². The first-order valence-electron chi connectivity index (χ1n) is 7.09. The fraction of sp³-hybridized carbons (Fsp3) is 0.467. The molecule has 6 heteroatoms. The quantitative estimate of drug-likeness (QED) is 0.932. The molecule has 2 aromatic rings. The second kappa shape index (κ2) is 5.60. The third-order valence-corrected chi connectivity index (χ3v) is 3.87. The molecule has 1 aromatic heterocycles. The summed E-state index contributed by atoms with van der Waals surface area (Å²) in [7, 11) is 0. The average molecular weight is 298 g/mol. The smallest absolute Gasteiger partial charge is 0.406 e. The highest BCUT2D eigenvalue weighted by Gasteiger charge is 2.31. The Morgan fingerprint density at radius 3 is 2.67 bits per heavy atom. The van der Waals surface area contributed by atoms with Gasteiger partial charge in [-0.2, -0.15) is 0 Å². The van der Waals surface area contributed by atoms with Gasteiger partial charge < -0.3 is 14.6 Å². The summed E-state index contributed by atoms with van der Waals surface area (Å²) in [6.07, 6.45) is 0.516. The number of benzene rings is 1. The molecule has 0 bridgehead atoms. The molecule has 0 spiro atoms. The van der Waals surface area contributed by atoms with E-state index in [9.17, 15) is 13.2 Å². The molecule has 0 aliphatic carbocycles. The first-order valence-corrected chi connectivity index (χ1v) is 7.09. The molecular weight excluding hydrogens is 281 g/mol. The number of aromatic amines is 1. The van der Waals surface area contributed by atoms with Crippen LogP contribution in [0, 0.1) is 0 Å². The molecule has 0 unspecified atom stereocenters. The maximum absolute atomic E-state index is 12.3. The van der Waals surface area contributed by atoms with E-state index in [0.29, 0.717) is 0 Å². The largest absolute Gasteiger partial charge is 0.573 e. The number of nitrogens with one attached hydrogen (secondary N) is 1. The molecule has 0 amide bonds. The summed E-state index contributed by atoms with van der Waals surface area (Å²) in [4.78, 5) is 5.48. The van der Waals surface area contributed by atoms with Gasteiger partial charge in [-0.05, 0) is 56.1 Å². The molecule has 1 aromatic carbocycles. The molecule has 1 aliphatic heterocycles. The topological polar surface area (TPSA) is 28.3 Å². The number of hydrogen-bond donors (Lipinski definition) is 1. The zero-order chi connectivity index (χ0) is 14.9. The minimum atomic E-state index is -4.65. The fourth-order valence-corrected chi connectivity index (χ4v) is 2.85. The molecule has 0 radical (unpaired) electrons. The minimum Gasteiger partial charge on any atom is -0.406 e. The number of aromatic nitrogens is 1. The van der Waals surface area contributed by atoms with E-state index in [0.717, 1.165) is 42.5 Å². The third-order valence-electron chi connectivity index (χ3n) is 3.87. The van der Waals surface area contributed by atoms with E-state index in [1.165, 1.54) is 25.0 Å². The van der Waals surface area contributed by atoms with Crippen LogP contribution in [0.3, 0.4) is 0 Å². The SMILES string of the molecule is FC(F)(F)Oc1ccc2[nH]cc(CCN3CCCC3)c2c1. The Labute approximate surface area is 120 Å². The first-order chi connectivity index (χ1) is 10.0. The van der Waals surface area contributed by atoms with Crippen molar-refractivity contribution in [1.82, 2.24) is 9.88 Å². The van der Waals surface area contributed by atoms with Gasteiger partial charge in [-0.15, -0.1) is 13.2 Å². The van der Waals surface area contributed by atoms with Crippen LogP contribution in [0.2, 0.25) is 0 Å². The van der Waals surface area contributed by atoms with E-state index in [2.05, 4.69) is 14.6 Å². The van der Waals surface area contributed by atoms with Crippen LogP contribution in [0.25, 0.3) is 10.9 Å². The standard InChI is InChI=1S/C15H17F3N2O/c16-15(17,18)21-12-3-4-14-13(9-12)11(10-19-14)5-8-20-6-1-2-7-20/h3-4,9-10,19H,1-2,5-8H2. The lowest BCUT2D eigenvalue weighted by Crippen LogP contribution is -2.21. The van der Waals surface area contributed by atoms with Gasteiger partial charge in [0.25, 0.3) is 0 Å². The van der Waals surface area contributed by atoms with Gasteiger partial charge in [0.2, 0.25) is 0 Å². The molecule has 0 saturated carbocycles. The highest BCUT2D eigenvalue weighted by Crippen LogP contribution is 2.28. The lowest BCUT2D eigenvalue weighted by atomic mass is 10.1. The Balaban J connectivity index is 1.76. The highest BCUT2D eigenvalue weighted by atomic mass is 19.4. The first kappa shape index (κ1) is 14.3. The van der Waals surface area contributed by atoms with Crippen LogP contribution in [-0.4, -0.2) is 35.9 Å². The number of alkyl halides is 3. The minimum absolute atomic E-state index is 0.169. The third kappa shape index (κ3) is 3.50. The summed E-state index contributed by atoms with van der Waals surface area (Å²) in [5.74, 6) is -0.169. The molecule has 1 fully saturated rings. The number of fused-ring (bicyclic) bond motifs is 1. The predicted molar refractivity (Wildman–Crippen MR) is 74.4 cm³/mol. The number of rotatable bonds is 4. The monoisotopic (exact) mass is 298 g/mol. The van der Waals surface area contributed by atoms with Crippen LogP contribution in [-0.2, 0) is 6.42 Å². The van der Waals surface area contributed by atoms with E-state index in [1.54, 1.807) is 6.07 Å². The van der Waals surface area contributed by atoms with Crippen molar-refractivity contribution >= 4 is 10.9 Å². The van der Waals surface area contributed by atoms with Gasteiger partial charge in [0.1, 0.15) is 5.75 Å². The molecule has 1 aliphatic rings. The van der Waals surface area contributed by atoms with Crippen LogP contribution in [0.4, 0.5) is 13.2 Å². The van der Waals surface area contributed by atoms with Crippen molar-refractivity contribution in [3.8, 4) is 5.75 Å². The summed E-state index contributed by atoms with van der Waals surface area (Å²) in [5, 5.41) is 0.802. The van der Waals surface area contributed by atoms with Crippen molar-refractivity contribution in [2.75, 3.05) is 19.6 Å². The molecule has 3 rings (SSSR count). The number of ether oxygens (including phenoxy) is 1. The lowest BCUT2D eigenvalue weighted by molar-refractivity contribution is -0.274. The van der Waals surface area contributed by atoms with Crippen molar-refractivity contribution < 1.29 is 17.9 Å². The summed E-state index contributed by atoms with van der Waals surface area (Å²) in [5.41, 5.74) is 1.87. The van der Waals surface area contributed by atoms with Crippen LogP contribution in [0.5, 0.6) is 5.75 Å². The zero-order valence-corrected chi connectivity index (χ0v) is 11.5. The van der Waals surface area contributed by atoms with E-state index in [-0.39, 0.29) is 5.75 Å². The summed E-state index contributed by atoms with van der Waals surface area (Å²) >= 11 is 0. The van der Waals surface area contributed by atoms with Crippen molar-refractivity contribution in [1.29, 1.82) is 0 Å². The van der Waals surface area contributed by atoms with Gasteiger partial charge in [0.15, 0.2) is 0 Å².